The fraction of sp³-hybridized carbons (Fsp3) is 0.312. The van der Waals surface area contributed by atoms with Gasteiger partial charge >= 0.3 is 0 Å². The van der Waals surface area contributed by atoms with E-state index in [1.165, 1.54) is 4.88 Å². The first-order chi connectivity index (χ1) is 10.5. The molecule has 22 heavy (non-hydrogen) atoms. The Morgan fingerprint density at radius 3 is 2.64 bits per heavy atom. The van der Waals surface area contributed by atoms with E-state index in [9.17, 15) is 9.90 Å². The summed E-state index contributed by atoms with van der Waals surface area (Å²) in [4.78, 5) is 13.0. The van der Waals surface area contributed by atoms with Crippen molar-refractivity contribution in [3.63, 3.8) is 0 Å². The van der Waals surface area contributed by atoms with Crippen LogP contribution in [0.5, 0.6) is 0 Å². The van der Waals surface area contributed by atoms with Crippen LogP contribution in [-0.2, 0) is 11.2 Å². The number of rotatable bonds is 7. The molecule has 2 rings (SSSR count). The van der Waals surface area contributed by atoms with Gasteiger partial charge in [-0.15, -0.1) is 11.3 Å². The van der Waals surface area contributed by atoms with Crippen LogP contribution >= 0.6 is 34.5 Å². The Balaban J connectivity index is 1.73. The topological polar surface area (TPSA) is 49.3 Å². The smallest absolute Gasteiger partial charge is 0.220 e. The first kappa shape index (κ1) is 17.3. The monoisotopic (exact) mass is 357 g/mol. The first-order valence-corrected chi connectivity index (χ1v) is 8.61. The van der Waals surface area contributed by atoms with E-state index in [4.69, 9.17) is 23.2 Å². The largest absolute Gasteiger partial charge is 0.387 e. The molecule has 0 bridgehead atoms. The number of benzene rings is 1. The molecule has 0 spiro atoms. The average molecular weight is 358 g/mol. The number of nitrogens with one attached hydrogen (secondary N) is 1. The van der Waals surface area contributed by atoms with Gasteiger partial charge in [0, 0.05) is 27.9 Å². The lowest BCUT2D eigenvalue weighted by Crippen LogP contribution is -2.28. The van der Waals surface area contributed by atoms with E-state index >= 15 is 0 Å². The molecule has 2 aromatic rings. The van der Waals surface area contributed by atoms with Crippen LogP contribution in [0.3, 0.4) is 0 Å². The highest BCUT2D eigenvalue weighted by atomic mass is 35.5. The van der Waals surface area contributed by atoms with Gasteiger partial charge in [-0.3, -0.25) is 4.79 Å². The highest BCUT2D eigenvalue weighted by molar-refractivity contribution is 7.09. The van der Waals surface area contributed by atoms with Gasteiger partial charge in [0.2, 0.25) is 5.91 Å². The molecule has 0 saturated heterocycles. The minimum absolute atomic E-state index is 0.0660. The molecule has 0 aliphatic heterocycles. The molecule has 0 aliphatic carbocycles. The van der Waals surface area contributed by atoms with Crippen molar-refractivity contribution in [1.82, 2.24) is 5.32 Å². The molecule has 0 fully saturated rings. The van der Waals surface area contributed by atoms with E-state index in [1.807, 2.05) is 11.4 Å². The third-order valence-electron chi connectivity index (χ3n) is 3.17. The summed E-state index contributed by atoms with van der Waals surface area (Å²) < 4.78 is 0. The van der Waals surface area contributed by atoms with E-state index < -0.39 is 6.10 Å². The van der Waals surface area contributed by atoms with Crippen molar-refractivity contribution >= 4 is 40.4 Å². The van der Waals surface area contributed by atoms with Gasteiger partial charge in [0.05, 0.1) is 6.10 Å². The number of hydrogen-bond donors (Lipinski definition) is 2. The lowest BCUT2D eigenvalue weighted by Gasteiger charge is -2.13. The lowest BCUT2D eigenvalue weighted by atomic mass is 10.1. The summed E-state index contributed by atoms with van der Waals surface area (Å²) in [6.07, 6.45) is 1.32. The number of aryl methyl sites for hydroxylation is 1. The van der Waals surface area contributed by atoms with Gasteiger partial charge in [0.1, 0.15) is 0 Å². The number of aliphatic hydroxyl groups excluding tert-OH is 1. The minimum Gasteiger partial charge on any atom is -0.387 e. The van der Waals surface area contributed by atoms with Crippen molar-refractivity contribution in [2.75, 3.05) is 6.54 Å². The van der Waals surface area contributed by atoms with Crippen LogP contribution in [0.15, 0.2) is 35.7 Å². The second-order valence-corrected chi connectivity index (χ2v) is 6.86. The van der Waals surface area contributed by atoms with Crippen LogP contribution in [0.1, 0.15) is 29.4 Å². The van der Waals surface area contributed by atoms with Crippen molar-refractivity contribution in [2.24, 2.45) is 0 Å². The van der Waals surface area contributed by atoms with Crippen molar-refractivity contribution < 1.29 is 9.90 Å². The highest BCUT2D eigenvalue weighted by Crippen LogP contribution is 2.23. The van der Waals surface area contributed by atoms with E-state index in [0.29, 0.717) is 22.0 Å². The van der Waals surface area contributed by atoms with Crippen LogP contribution in [-0.4, -0.2) is 17.6 Å². The van der Waals surface area contributed by atoms with Gasteiger partial charge in [0.25, 0.3) is 0 Å². The van der Waals surface area contributed by atoms with Gasteiger partial charge < -0.3 is 10.4 Å². The summed E-state index contributed by atoms with van der Waals surface area (Å²) in [5, 5.41) is 15.7. The SMILES string of the molecule is O=C(CCCc1cccs1)NCC(O)c1cc(Cl)cc(Cl)c1. The summed E-state index contributed by atoms with van der Waals surface area (Å²) in [6, 6.07) is 8.95. The lowest BCUT2D eigenvalue weighted by molar-refractivity contribution is -0.121. The maximum absolute atomic E-state index is 11.8. The number of thiophene rings is 1. The third kappa shape index (κ3) is 5.61. The molecule has 0 aliphatic rings. The van der Waals surface area contributed by atoms with Gasteiger partial charge in [0.15, 0.2) is 0 Å². The molecule has 0 radical (unpaired) electrons. The van der Waals surface area contributed by atoms with E-state index in [2.05, 4.69) is 11.4 Å². The molecule has 1 heterocycles. The number of carbonyl (C=O) groups excluding carboxylic acids is 1. The fourth-order valence-corrected chi connectivity index (χ4v) is 3.36. The van der Waals surface area contributed by atoms with Gasteiger partial charge in [-0.2, -0.15) is 0 Å². The number of amides is 1. The maximum atomic E-state index is 11.8. The van der Waals surface area contributed by atoms with Crippen LogP contribution in [0.4, 0.5) is 0 Å². The summed E-state index contributed by atoms with van der Waals surface area (Å²) in [7, 11) is 0. The zero-order valence-electron chi connectivity index (χ0n) is 11.9. The molecular weight excluding hydrogens is 341 g/mol. The first-order valence-electron chi connectivity index (χ1n) is 6.98. The van der Waals surface area contributed by atoms with Gasteiger partial charge in [-0.05, 0) is 48.1 Å². The molecule has 3 nitrogen and oxygen atoms in total. The number of hydrogen-bond acceptors (Lipinski definition) is 3. The number of aliphatic hydroxyl groups is 1. The van der Waals surface area contributed by atoms with Crippen LogP contribution in [0, 0.1) is 0 Å². The Kier molecular flexibility index (Phi) is 6.70. The average Bonchev–Trinajstić information content (AvgIpc) is 2.97. The quantitative estimate of drug-likeness (QED) is 0.778. The zero-order valence-corrected chi connectivity index (χ0v) is 14.2. The van der Waals surface area contributed by atoms with Crippen molar-refractivity contribution in [3.8, 4) is 0 Å². The van der Waals surface area contributed by atoms with Crippen molar-refractivity contribution in [3.05, 3.63) is 56.2 Å². The molecule has 1 atom stereocenters. The second kappa shape index (κ2) is 8.53. The standard InChI is InChI=1S/C16H17Cl2NO2S/c17-12-7-11(8-13(18)9-12)15(20)10-19-16(21)5-1-3-14-4-2-6-22-14/h2,4,6-9,15,20H,1,3,5,10H2,(H,19,21). The predicted octanol–water partition coefficient (Wildman–Crippen LogP) is 4.23. The number of halogens is 2. The molecule has 1 aromatic heterocycles. The Labute approximate surface area is 143 Å². The Hall–Kier alpha value is -1.07. The summed E-state index contributed by atoms with van der Waals surface area (Å²) in [5.74, 6) is -0.0660. The van der Waals surface area contributed by atoms with Gasteiger partial charge in [-0.25, -0.2) is 0 Å². The zero-order chi connectivity index (χ0) is 15.9. The normalized spacial score (nSPS) is 12.1. The summed E-state index contributed by atoms with van der Waals surface area (Å²) >= 11 is 13.5. The fourth-order valence-electron chi connectivity index (χ4n) is 2.06. The minimum atomic E-state index is -0.822. The second-order valence-electron chi connectivity index (χ2n) is 4.96. The predicted molar refractivity (Wildman–Crippen MR) is 91.7 cm³/mol. The molecule has 2 N–H and O–H groups in total. The Morgan fingerprint density at radius 1 is 1.27 bits per heavy atom. The molecule has 6 heteroatoms. The van der Waals surface area contributed by atoms with Crippen LogP contribution < -0.4 is 5.32 Å². The Bertz CT molecular complexity index is 596. The summed E-state index contributed by atoms with van der Waals surface area (Å²) in [5.41, 5.74) is 0.594. The van der Waals surface area contributed by atoms with Crippen molar-refractivity contribution in [2.45, 2.75) is 25.4 Å². The Morgan fingerprint density at radius 2 is 2.00 bits per heavy atom. The summed E-state index contributed by atoms with van der Waals surface area (Å²) in [6.45, 7) is 0.147. The molecule has 1 aromatic carbocycles. The molecular formula is C16H17Cl2NO2S. The number of carbonyl (C=O) groups is 1. The van der Waals surface area contributed by atoms with E-state index in [1.54, 1.807) is 29.5 Å². The third-order valence-corrected chi connectivity index (χ3v) is 4.54. The molecule has 1 unspecified atom stereocenters. The maximum Gasteiger partial charge on any atom is 0.220 e. The van der Waals surface area contributed by atoms with Gasteiger partial charge in [-0.1, -0.05) is 29.3 Å². The van der Waals surface area contributed by atoms with Crippen molar-refractivity contribution in [1.29, 1.82) is 0 Å². The van der Waals surface area contributed by atoms with E-state index in [-0.39, 0.29) is 12.5 Å². The molecule has 0 saturated carbocycles. The molecule has 1 amide bonds. The van der Waals surface area contributed by atoms with Crippen LogP contribution in [0.25, 0.3) is 0 Å². The molecule has 118 valence electrons. The van der Waals surface area contributed by atoms with E-state index in [0.717, 1.165) is 12.8 Å². The highest BCUT2D eigenvalue weighted by Gasteiger charge is 2.11. The van der Waals surface area contributed by atoms with Crippen LogP contribution in [0.2, 0.25) is 10.0 Å².